The maximum Gasteiger partial charge on any atom is 0.242 e. The maximum absolute atomic E-state index is 12.4. The van der Waals surface area contributed by atoms with Crippen LogP contribution in [0.5, 0.6) is 0 Å². The van der Waals surface area contributed by atoms with Crippen molar-refractivity contribution in [2.24, 2.45) is 0 Å². The summed E-state index contributed by atoms with van der Waals surface area (Å²) in [5.74, 6) is 1.45. The van der Waals surface area contributed by atoms with Gasteiger partial charge in [-0.05, 0) is 32.1 Å². The SMILES string of the molecule is CCC(=O)NCC(=O)N1CCCCC1c1nnc(C2CCC2)o1. The van der Waals surface area contributed by atoms with E-state index >= 15 is 0 Å². The molecule has 1 atom stereocenters. The van der Waals surface area contributed by atoms with E-state index in [4.69, 9.17) is 4.42 Å². The van der Waals surface area contributed by atoms with Crippen LogP contribution in [-0.2, 0) is 9.59 Å². The molecule has 0 aromatic carbocycles. The third-order valence-electron chi connectivity index (χ3n) is 4.78. The molecule has 1 saturated heterocycles. The quantitative estimate of drug-likeness (QED) is 0.895. The summed E-state index contributed by atoms with van der Waals surface area (Å²) in [6.45, 7) is 2.48. The number of hydrogen-bond donors (Lipinski definition) is 1. The van der Waals surface area contributed by atoms with Gasteiger partial charge in [0.05, 0.1) is 6.54 Å². The molecule has 7 heteroatoms. The number of rotatable bonds is 5. The molecule has 1 unspecified atom stereocenters. The molecule has 0 spiro atoms. The Kier molecular flexibility index (Phi) is 4.93. The van der Waals surface area contributed by atoms with Crippen molar-refractivity contribution in [1.29, 1.82) is 0 Å². The van der Waals surface area contributed by atoms with Gasteiger partial charge in [-0.25, -0.2) is 0 Å². The molecule has 2 aliphatic rings. The second-order valence-corrected chi connectivity index (χ2v) is 6.34. The number of nitrogens with one attached hydrogen (secondary N) is 1. The molecule has 7 nitrogen and oxygen atoms in total. The number of amides is 2. The predicted molar refractivity (Wildman–Crippen MR) is 82.5 cm³/mol. The van der Waals surface area contributed by atoms with E-state index in [2.05, 4.69) is 15.5 Å². The molecular formula is C16H24N4O3. The van der Waals surface area contributed by atoms with Crippen molar-refractivity contribution < 1.29 is 14.0 Å². The van der Waals surface area contributed by atoms with E-state index in [1.165, 1.54) is 6.42 Å². The van der Waals surface area contributed by atoms with E-state index in [1.807, 2.05) is 0 Å². The topological polar surface area (TPSA) is 88.3 Å². The van der Waals surface area contributed by atoms with Crippen molar-refractivity contribution in [3.63, 3.8) is 0 Å². The van der Waals surface area contributed by atoms with Gasteiger partial charge in [-0.3, -0.25) is 9.59 Å². The Bertz CT molecular complexity index is 567. The number of carbonyl (C=O) groups is 2. The minimum atomic E-state index is -0.156. The van der Waals surface area contributed by atoms with E-state index < -0.39 is 0 Å². The summed E-state index contributed by atoms with van der Waals surface area (Å²) >= 11 is 0. The molecule has 0 bridgehead atoms. The molecular weight excluding hydrogens is 296 g/mol. The van der Waals surface area contributed by atoms with Gasteiger partial charge >= 0.3 is 0 Å². The summed E-state index contributed by atoms with van der Waals surface area (Å²) in [6.07, 6.45) is 6.65. The second-order valence-electron chi connectivity index (χ2n) is 6.34. The Morgan fingerprint density at radius 2 is 1.96 bits per heavy atom. The lowest BCUT2D eigenvalue weighted by Gasteiger charge is -2.33. The van der Waals surface area contributed by atoms with Crippen molar-refractivity contribution in [1.82, 2.24) is 20.4 Å². The predicted octanol–water partition coefficient (Wildman–Crippen LogP) is 1.92. The van der Waals surface area contributed by atoms with Gasteiger partial charge in [-0.2, -0.15) is 0 Å². The van der Waals surface area contributed by atoms with Crippen molar-refractivity contribution in [3.8, 4) is 0 Å². The summed E-state index contributed by atoms with van der Waals surface area (Å²) in [5, 5.41) is 11.0. The van der Waals surface area contributed by atoms with E-state index in [0.717, 1.165) is 32.1 Å². The van der Waals surface area contributed by atoms with Crippen LogP contribution in [-0.4, -0.2) is 40.0 Å². The fourth-order valence-corrected chi connectivity index (χ4v) is 3.09. The van der Waals surface area contributed by atoms with Crippen LogP contribution in [0, 0.1) is 0 Å². The standard InChI is InChI=1S/C16H24N4O3/c1-2-13(21)17-10-14(22)20-9-4-3-8-12(20)16-19-18-15(23-16)11-6-5-7-11/h11-12H,2-10H2,1H3,(H,17,21). The highest BCUT2D eigenvalue weighted by Gasteiger charge is 2.33. The molecule has 1 aliphatic carbocycles. The fraction of sp³-hybridized carbons (Fsp3) is 0.750. The largest absolute Gasteiger partial charge is 0.423 e. The Balaban J connectivity index is 1.66. The molecule has 2 heterocycles. The average Bonchev–Trinajstić information content (AvgIpc) is 2.99. The third-order valence-corrected chi connectivity index (χ3v) is 4.78. The van der Waals surface area contributed by atoms with Crippen molar-refractivity contribution in [2.75, 3.05) is 13.1 Å². The molecule has 2 amide bonds. The van der Waals surface area contributed by atoms with Crippen LogP contribution in [0.15, 0.2) is 4.42 Å². The number of aromatic nitrogens is 2. The van der Waals surface area contributed by atoms with Gasteiger partial charge in [0, 0.05) is 18.9 Å². The number of likely N-dealkylation sites (tertiary alicyclic amines) is 1. The zero-order chi connectivity index (χ0) is 16.2. The first-order valence-electron chi connectivity index (χ1n) is 8.58. The third kappa shape index (κ3) is 3.54. The summed E-state index contributed by atoms with van der Waals surface area (Å²) in [5.41, 5.74) is 0. The zero-order valence-electron chi connectivity index (χ0n) is 13.6. The Morgan fingerprint density at radius 3 is 2.65 bits per heavy atom. The Hall–Kier alpha value is -1.92. The van der Waals surface area contributed by atoms with Crippen molar-refractivity contribution in [3.05, 3.63) is 11.8 Å². The summed E-state index contributed by atoms with van der Waals surface area (Å²) < 4.78 is 5.85. The van der Waals surface area contributed by atoms with Crippen LogP contribution in [0.25, 0.3) is 0 Å². The van der Waals surface area contributed by atoms with Crippen LogP contribution in [0.4, 0.5) is 0 Å². The highest BCUT2D eigenvalue weighted by atomic mass is 16.4. The smallest absolute Gasteiger partial charge is 0.242 e. The zero-order valence-corrected chi connectivity index (χ0v) is 13.6. The van der Waals surface area contributed by atoms with Gasteiger partial charge in [-0.1, -0.05) is 13.3 Å². The molecule has 23 heavy (non-hydrogen) atoms. The average molecular weight is 320 g/mol. The van der Waals surface area contributed by atoms with Gasteiger partial charge < -0.3 is 14.6 Å². The summed E-state index contributed by atoms with van der Waals surface area (Å²) in [4.78, 5) is 25.6. The number of carbonyl (C=O) groups excluding carboxylic acids is 2. The molecule has 1 aromatic heterocycles. The molecule has 1 saturated carbocycles. The van der Waals surface area contributed by atoms with Crippen LogP contribution in [0.2, 0.25) is 0 Å². The lowest BCUT2D eigenvalue weighted by Crippen LogP contribution is -2.44. The molecule has 126 valence electrons. The first-order valence-corrected chi connectivity index (χ1v) is 8.58. The van der Waals surface area contributed by atoms with E-state index in [9.17, 15) is 9.59 Å². The van der Waals surface area contributed by atoms with Crippen LogP contribution in [0.1, 0.15) is 75.6 Å². The van der Waals surface area contributed by atoms with Crippen LogP contribution < -0.4 is 5.32 Å². The molecule has 2 fully saturated rings. The molecule has 3 rings (SSSR count). The lowest BCUT2D eigenvalue weighted by atomic mass is 9.85. The highest BCUT2D eigenvalue weighted by Crippen LogP contribution is 2.37. The highest BCUT2D eigenvalue weighted by molar-refractivity contribution is 5.84. The minimum Gasteiger partial charge on any atom is -0.423 e. The number of nitrogens with zero attached hydrogens (tertiary/aromatic N) is 3. The minimum absolute atomic E-state index is 0.0345. The summed E-state index contributed by atoms with van der Waals surface area (Å²) in [6, 6.07) is -0.156. The van der Waals surface area contributed by atoms with Crippen molar-refractivity contribution in [2.45, 2.75) is 63.8 Å². The van der Waals surface area contributed by atoms with Crippen LogP contribution >= 0.6 is 0 Å². The molecule has 1 N–H and O–H groups in total. The molecule has 1 aromatic rings. The van der Waals surface area contributed by atoms with E-state index in [1.54, 1.807) is 11.8 Å². The first-order chi connectivity index (χ1) is 11.2. The van der Waals surface area contributed by atoms with Crippen molar-refractivity contribution >= 4 is 11.8 Å². The number of piperidine rings is 1. The van der Waals surface area contributed by atoms with Gasteiger partial charge in [-0.15, -0.1) is 10.2 Å². The van der Waals surface area contributed by atoms with Gasteiger partial charge in [0.1, 0.15) is 6.04 Å². The first kappa shape index (κ1) is 16.0. The summed E-state index contributed by atoms with van der Waals surface area (Å²) in [7, 11) is 0. The van der Waals surface area contributed by atoms with Gasteiger partial charge in [0.15, 0.2) is 0 Å². The molecule has 0 radical (unpaired) electrons. The Morgan fingerprint density at radius 1 is 1.17 bits per heavy atom. The van der Waals surface area contributed by atoms with Crippen LogP contribution in [0.3, 0.4) is 0 Å². The Labute approximate surface area is 135 Å². The lowest BCUT2D eigenvalue weighted by molar-refractivity contribution is -0.136. The fourth-order valence-electron chi connectivity index (χ4n) is 3.09. The van der Waals surface area contributed by atoms with Gasteiger partial charge in [0.2, 0.25) is 23.6 Å². The maximum atomic E-state index is 12.4. The normalized spacial score (nSPS) is 21.8. The molecule has 1 aliphatic heterocycles. The number of hydrogen-bond acceptors (Lipinski definition) is 5. The van der Waals surface area contributed by atoms with E-state index in [-0.39, 0.29) is 24.4 Å². The monoisotopic (exact) mass is 320 g/mol. The van der Waals surface area contributed by atoms with Gasteiger partial charge in [0.25, 0.3) is 0 Å². The van der Waals surface area contributed by atoms with E-state index in [0.29, 0.717) is 30.7 Å². The second kappa shape index (κ2) is 7.10.